The molecule has 0 saturated carbocycles. The Hall–Kier alpha value is -0.570. The van der Waals surface area contributed by atoms with Crippen molar-refractivity contribution in [1.82, 2.24) is 0 Å². The van der Waals surface area contributed by atoms with Crippen LogP contribution in [0, 0.1) is 0 Å². The molecule has 3 heteroatoms. The molecule has 0 aliphatic heterocycles. The highest BCUT2D eigenvalue weighted by Crippen LogP contribution is 2.09. The molecule has 50 valence electrons. The Bertz CT molecular complexity index is 193. The molecule has 0 unspecified atom stereocenters. The van der Waals surface area contributed by atoms with Crippen molar-refractivity contribution >= 4 is 11.3 Å². The van der Waals surface area contributed by atoms with Crippen LogP contribution < -0.4 is 10.5 Å². The Labute approximate surface area is 58.9 Å². The maximum Gasteiger partial charge on any atom is 0.254 e. The topological polar surface area (TPSA) is 29.9 Å². The first-order chi connectivity index (χ1) is 4.22. The molecule has 0 bridgehead atoms. The van der Waals surface area contributed by atoms with Crippen molar-refractivity contribution in [2.45, 2.75) is 19.8 Å². The molecule has 1 aromatic heterocycles. The Balaban J connectivity index is 2.94. The largest absolute Gasteiger partial charge is 0.254 e. The number of hydrogen-bond acceptors (Lipinski definition) is 2. The predicted molar refractivity (Wildman–Crippen MR) is 38.8 cm³/mol. The zero-order valence-electron chi connectivity index (χ0n) is 5.66. The molecule has 0 spiro atoms. The van der Waals surface area contributed by atoms with Gasteiger partial charge in [0.05, 0.1) is 5.38 Å². The quantitative estimate of drug-likeness (QED) is 0.459. The fraction of sp³-hybridized carbons (Fsp3) is 0.500. The second-order valence-corrected chi connectivity index (χ2v) is 3.06. The molecule has 0 aliphatic rings. The van der Waals surface area contributed by atoms with Crippen LogP contribution in [0.2, 0.25) is 0 Å². The summed E-state index contributed by atoms with van der Waals surface area (Å²) in [7, 11) is 0. The Morgan fingerprint density at radius 3 is 2.56 bits per heavy atom. The summed E-state index contributed by atoms with van der Waals surface area (Å²) in [6.07, 6.45) is 0. The molecule has 2 nitrogen and oxygen atoms in total. The highest BCUT2D eigenvalue weighted by atomic mass is 32.1. The molecule has 9 heavy (non-hydrogen) atoms. The Morgan fingerprint density at radius 2 is 2.33 bits per heavy atom. The highest BCUT2D eigenvalue weighted by molar-refractivity contribution is 7.07. The average Bonchev–Trinajstić information content (AvgIpc) is 2.13. The van der Waals surface area contributed by atoms with E-state index in [1.807, 2.05) is 5.51 Å². The van der Waals surface area contributed by atoms with E-state index in [9.17, 15) is 0 Å². The maximum absolute atomic E-state index is 5.57. The van der Waals surface area contributed by atoms with E-state index in [1.54, 1.807) is 16.0 Å². The van der Waals surface area contributed by atoms with Crippen LogP contribution in [-0.2, 0) is 0 Å². The smallest absolute Gasteiger partial charge is 0.204 e. The molecule has 0 saturated heterocycles. The summed E-state index contributed by atoms with van der Waals surface area (Å²) in [6, 6.07) is 0. The first-order valence-electron chi connectivity index (χ1n) is 2.94. The fourth-order valence-electron chi connectivity index (χ4n) is 0.722. The lowest BCUT2D eigenvalue weighted by molar-refractivity contribution is -0.642. The summed E-state index contributed by atoms with van der Waals surface area (Å²) in [5, 5.41) is 2.07. The molecule has 1 heterocycles. The molecule has 0 aromatic carbocycles. The molecule has 0 radical (unpaired) electrons. The van der Waals surface area contributed by atoms with E-state index in [-0.39, 0.29) is 0 Å². The minimum absolute atomic E-state index is 0.529. The third-order valence-electron chi connectivity index (χ3n) is 1.25. The minimum atomic E-state index is 0.529. The summed E-state index contributed by atoms with van der Waals surface area (Å²) in [4.78, 5) is 0. The maximum atomic E-state index is 5.57. The van der Waals surface area contributed by atoms with Crippen LogP contribution in [0.25, 0.3) is 0 Å². The van der Waals surface area contributed by atoms with Crippen molar-refractivity contribution < 1.29 is 4.68 Å². The molecule has 0 fully saturated rings. The van der Waals surface area contributed by atoms with Gasteiger partial charge in [0.15, 0.2) is 0 Å². The van der Waals surface area contributed by atoms with Gasteiger partial charge < -0.3 is 0 Å². The molecule has 0 atom stereocenters. The number of rotatable bonds is 1. The van der Waals surface area contributed by atoms with Crippen LogP contribution in [0.3, 0.4) is 0 Å². The van der Waals surface area contributed by atoms with Crippen molar-refractivity contribution in [2.24, 2.45) is 0 Å². The van der Waals surface area contributed by atoms with Crippen LogP contribution >= 0.6 is 11.3 Å². The molecule has 0 aliphatic carbocycles. The van der Waals surface area contributed by atoms with E-state index in [4.69, 9.17) is 5.84 Å². The van der Waals surface area contributed by atoms with Crippen molar-refractivity contribution in [3.05, 3.63) is 16.6 Å². The third-order valence-corrected chi connectivity index (χ3v) is 1.98. The molecular weight excluding hydrogens is 132 g/mol. The van der Waals surface area contributed by atoms with Gasteiger partial charge in [-0.15, -0.1) is 0 Å². The highest BCUT2D eigenvalue weighted by Gasteiger charge is 2.11. The SMILES string of the molecule is CC(C)c1csc[n+]1N. The van der Waals surface area contributed by atoms with Gasteiger partial charge in [0, 0.05) is 5.92 Å². The molecule has 1 rings (SSSR count). The van der Waals surface area contributed by atoms with Crippen LogP contribution in [0.4, 0.5) is 0 Å². The van der Waals surface area contributed by atoms with Gasteiger partial charge in [0.1, 0.15) is 0 Å². The zero-order chi connectivity index (χ0) is 6.85. The van der Waals surface area contributed by atoms with E-state index in [2.05, 4.69) is 19.2 Å². The fourth-order valence-corrected chi connectivity index (χ4v) is 1.57. The summed E-state index contributed by atoms with van der Waals surface area (Å²) in [6.45, 7) is 4.26. The van der Waals surface area contributed by atoms with Crippen LogP contribution in [0.15, 0.2) is 10.9 Å². The lowest BCUT2D eigenvalue weighted by atomic mass is 10.2. The van der Waals surface area contributed by atoms with Crippen LogP contribution in [0.1, 0.15) is 25.5 Å². The van der Waals surface area contributed by atoms with E-state index >= 15 is 0 Å². The first kappa shape index (κ1) is 6.55. The van der Waals surface area contributed by atoms with Gasteiger partial charge in [-0.3, -0.25) is 0 Å². The van der Waals surface area contributed by atoms with E-state index < -0.39 is 0 Å². The van der Waals surface area contributed by atoms with Crippen molar-refractivity contribution in [3.63, 3.8) is 0 Å². The number of nitrogen functional groups attached to an aromatic ring is 1. The van der Waals surface area contributed by atoms with Gasteiger partial charge in [0.25, 0.3) is 5.51 Å². The third kappa shape index (κ3) is 1.21. The number of hydrogen-bond donors (Lipinski definition) is 1. The summed E-state index contributed by atoms with van der Waals surface area (Å²) in [5.41, 5.74) is 3.09. The van der Waals surface area contributed by atoms with E-state index in [0.717, 1.165) is 0 Å². The Kier molecular flexibility index (Phi) is 1.71. The molecular formula is C6H11N2S+. The summed E-state index contributed by atoms with van der Waals surface area (Å²) >= 11 is 1.63. The number of thiazole rings is 1. The van der Waals surface area contributed by atoms with Gasteiger partial charge in [-0.1, -0.05) is 29.9 Å². The first-order valence-corrected chi connectivity index (χ1v) is 3.89. The molecule has 2 N–H and O–H groups in total. The number of nitrogens with two attached hydrogens (primary N) is 1. The monoisotopic (exact) mass is 143 g/mol. The van der Waals surface area contributed by atoms with Gasteiger partial charge in [0.2, 0.25) is 5.69 Å². The van der Waals surface area contributed by atoms with E-state index in [1.165, 1.54) is 5.69 Å². The Morgan fingerprint density at radius 1 is 1.67 bits per heavy atom. The summed E-state index contributed by atoms with van der Waals surface area (Å²) in [5.74, 6) is 6.10. The molecule has 0 amide bonds. The van der Waals surface area contributed by atoms with Gasteiger partial charge in [-0.25, -0.2) is 5.84 Å². The second kappa shape index (κ2) is 2.35. The minimum Gasteiger partial charge on any atom is -0.204 e. The van der Waals surface area contributed by atoms with E-state index in [0.29, 0.717) is 5.92 Å². The average molecular weight is 143 g/mol. The standard InChI is InChI=1S/C6H11N2S/c1-5(2)6-3-9-4-8(6)7/h3-5H,7H2,1-2H3/q+1. The van der Waals surface area contributed by atoms with Crippen LogP contribution in [0.5, 0.6) is 0 Å². The lowest BCUT2D eigenvalue weighted by Crippen LogP contribution is -2.45. The number of nitrogens with zero attached hydrogens (tertiary/aromatic N) is 1. The van der Waals surface area contributed by atoms with Gasteiger partial charge in [-0.2, -0.15) is 0 Å². The second-order valence-electron chi connectivity index (χ2n) is 2.35. The van der Waals surface area contributed by atoms with Crippen molar-refractivity contribution in [1.29, 1.82) is 0 Å². The van der Waals surface area contributed by atoms with Crippen molar-refractivity contribution in [3.8, 4) is 0 Å². The molecule has 1 aromatic rings. The van der Waals surface area contributed by atoms with Crippen molar-refractivity contribution in [2.75, 3.05) is 5.84 Å². The normalized spacial score (nSPS) is 10.6. The summed E-state index contributed by atoms with van der Waals surface area (Å²) < 4.78 is 1.68. The number of aromatic nitrogens is 1. The zero-order valence-corrected chi connectivity index (χ0v) is 6.48. The van der Waals surface area contributed by atoms with Crippen LogP contribution in [-0.4, -0.2) is 0 Å². The van der Waals surface area contributed by atoms with Gasteiger partial charge in [-0.05, 0) is 0 Å². The van der Waals surface area contributed by atoms with Gasteiger partial charge >= 0.3 is 0 Å². The lowest BCUT2D eigenvalue weighted by Gasteiger charge is -1.92. The predicted octanol–water partition coefficient (Wildman–Crippen LogP) is 0.873.